The predicted octanol–water partition coefficient (Wildman–Crippen LogP) is 2.18. The van der Waals surface area contributed by atoms with Crippen molar-refractivity contribution in [2.24, 2.45) is 0 Å². The highest BCUT2D eigenvalue weighted by molar-refractivity contribution is 4.89. The van der Waals surface area contributed by atoms with E-state index in [1.807, 2.05) is 13.8 Å². The van der Waals surface area contributed by atoms with Crippen molar-refractivity contribution in [2.75, 3.05) is 19.8 Å². The fourth-order valence-corrected chi connectivity index (χ4v) is 1.97. The maximum atomic E-state index is 12.0. The molecule has 0 aliphatic rings. The Labute approximate surface area is 122 Å². The Kier molecular flexibility index (Phi) is 7.66. The molecule has 8 heteroatoms. The zero-order valence-corrected chi connectivity index (χ0v) is 12.5. The van der Waals surface area contributed by atoms with Crippen LogP contribution >= 0.6 is 0 Å². The SMILES string of the molecule is CCCNC(CCOCC(F)(F)F)Cc1ncnn1CC. The number of aryl methyl sites for hydroxylation is 1. The highest BCUT2D eigenvalue weighted by Crippen LogP contribution is 2.14. The molecule has 0 amide bonds. The molecule has 21 heavy (non-hydrogen) atoms. The number of alkyl halides is 3. The van der Waals surface area contributed by atoms with Gasteiger partial charge in [-0.25, -0.2) is 4.98 Å². The molecule has 0 radical (unpaired) electrons. The lowest BCUT2D eigenvalue weighted by Gasteiger charge is -2.18. The minimum atomic E-state index is -4.27. The highest BCUT2D eigenvalue weighted by atomic mass is 19.4. The Balaban J connectivity index is 2.44. The summed E-state index contributed by atoms with van der Waals surface area (Å²) in [5.74, 6) is 0.835. The van der Waals surface area contributed by atoms with E-state index in [2.05, 4.69) is 20.1 Å². The number of halogens is 3. The molecule has 0 fully saturated rings. The van der Waals surface area contributed by atoms with Crippen molar-refractivity contribution in [3.05, 3.63) is 12.2 Å². The Bertz CT molecular complexity index is 395. The van der Waals surface area contributed by atoms with Crippen LogP contribution in [0.5, 0.6) is 0 Å². The van der Waals surface area contributed by atoms with Crippen LogP contribution in [0.3, 0.4) is 0 Å². The topological polar surface area (TPSA) is 52.0 Å². The average Bonchev–Trinajstić information content (AvgIpc) is 2.86. The molecule has 0 aliphatic heterocycles. The van der Waals surface area contributed by atoms with E-state index >= 15 is 0 Å². The van der Waals surface area contributed by atoms with Gasteiger partial charge in [-0.05, 0) is 26.3 Å². The number of hydrogen-bond acceptors (Lipinski definition) is 4. The summed E-state index contributed by atoms with van der Waals surface area (Å²) in [4.78, 5) is 4.19. The molecule has 1 rings (SSSR count). The first-order chi connectivity index (χ1) is 9.96. The molecular formula is C13H23F3N4O. The number of rotatable bonds is 10. The number of hydrogen-bond donors (Lipinski definition) is 1. The van der Waals surface area contributed by atoms with Crippen molar-refractivity contribution in [2.45, 2.75) is 51.9 Å². The lowest BCUT2D eigenvalue weighted by molar-refractivity contribution is -0.174. The second kappa shape index (κ2) is 8.99. The molecule has 1 aromatic rings. The molecule has 0 bridgehead atoms. The van der Waals surface area contributed by atoms with Crippen LogP contribution in [0, 0.1) is 0 Å². The van der Waals surface area contributed by atoms with E-state index in [4.69, 9.17) is 0 Å². The third-order valence-electron chi connectivity index (χ3n) is 2.98. The fourth-order valence-electron chi connectivity index (χ4n) is 1.97. The van der Waals surface area contributed by atoms with Crippen molar-refractivity contribution < 1.29 is 17.9 Å². The smallest absolute Gasteiger partial charge is 0.372 e. The van der Waals surface area contributed by atoms with E-state index in [0.717, 1.165) is 25.3 Å². The maximum Gasteiger partial charge on any atom is 0.411 e. The number of aromatic nitrogens is 3. The summed E-state index contributed by atoms with van der Waals surface area (Å²) in [6.07, 6.45) is -0.680. The lowest BCUT2D eigenvalue weighted by atomic mass is 10.1. The second-order valence-electron chi connectivity index (χ2n) is 4.80. The lowest BCUT2D eigenvalue weighted by Crippen LogP contribution is -2.34. The van der Waals surface area contributed by atoms with Gasteiger partial charge >= 0.3 is 6.18 Å². The summed E-state index contributed by atoms with van der Waals surface area (Å²) >= 11 is 0. The van der Waals surface area contributed by atoms with E-state index in [0.29, 0.717) is 12.8 Å². The number of nitrogens with one attached hydrogen (secondary N) is 1. The minimum absolute atomic E-state index is 0.0349. The van der Waals surface area contributed by atoms with Crippen molar-refractivity contribution in [3.8, 4) is 0 Å². The van der Waals surface area contributed by atoms with Gasteiger partial charge in [-0.3, -0.25) is 4.68 Å². The molecule has 1 unspecified atom stereocenters. The molecule has 0 saturated carbocycles. The van der Waals surface area contributed by atoms with E-state index < -0.39 is 12.8 Å². The van der Waals surface area contributed by atoms with Crippen LogP contribution in [-0.2, 0) is 17.7 Å². The van der Waals surface area contributed by atoms with Gasteiger partial charge in [0.25, 0.3) is 0 Å². The van der Waals surface area contributed by atoms with Crippen molar-refractivity contribution in [1.82, 2.24) is 20.1 Å². The zero-order chi connectivity index (χ0) is 15.7. The van der Waals surface area contributed by atoms with Crippen molar-refractivity contribution in [1.29, 1.82) is 0 Å². The molecular weight excluding hydrogens is 285 g/mol. The minimum Gasteiger partial charge on any atom is -0.372 e. The summed E-state index contributed by atoms with van der Waals surface area (Å²) in [5.41, 5.74) is 0. The van der Waals surface area contributed by atoms with Crippen LogP contribution in [0.25, 0.3) is 0 Å². The Morgan fingerprint density at radius 1 is 1.38 bits per heavy atom. The van der Waals surface area contributed by atoms with Gasteiger partial charge in [0.15, 0.2) is 0 Å². The molecule has 0 aliphatic carbocycles. The molecule has 0 saturated heterocycles. The van der Waals surface area contributed by atoms with E-state index in [9.17, 15) is 13.2 Å². The van der Waals surface area contributed by atoms with Gasteiger partial charge in [-0.15, -0.1) is 0 Å². The van der Waals surface area contributed by atoms with Gasteiger partial charge in [-0.1, -0.05) is 6.92 Å². The van der Waals surface area contributed by atoms with E-state index in [1.54, 1.807) is 4.68 Å². The zero-order valence-electron chi connectivity index (χ0n) is 12.5. The normalized spacial score (nSPS) is 13.6. The fraction of sp³-hybridized carbons (Fsp3) is 0.846. The first-order valence-electron chi connectivity index (χ1n) is 7.20. The summed E-state index contributed by atoms with van der Waals surface area (Å²) in [6.45, 7) is 4.42. The summed E-state index contributed by atoms with van der Waals surface area (Å²) < 4.78 is 42.5. The van der Waals surface area contributed by atoms with Crippen LogP contribution in [0.2, 0.25) is 0 Å². The van der Waals surface area contributed by atoms with E-state index in [1.165, 1.54) is 6.33 Å². The van der Waals surface area contributed by atoms with Crippen LogP contribution in [-0.4, -0.2) is 46.7 Å². The third-order valence-corrected chi connectivity index (χ3v) is 2.98. The van der Waals surface area contributed by atoms with Gasteiger partial charge < -0.3 is 10.1 Å². The monoisotopic (exact) mass is 308 g/mol. The van der Waals surface area contributed by atoms with Gasteiger partial charge in [0, 0.05) is 25.6 Å². The van der Waals surface area contributed by atoms with E-state index in [-0.39, 0.29) is 12.6 Å². The van der Waals surface area contributed by atoms with Crippen LogP contribution in [0.4, 0.5) is 13.2 Å². The third kappa shape index (κ3) is 7.42. The van der Waals surface area contributed by atoms with Gasteiger partial charge in [-0.2, -0.15) is 18.3 Å². The number of ether oxygens (including phenoxy) is 1. The molecule has 122 valence electrons. The second-order valence-corrected chi connectivity index (χ2v) is 4.80. The molecule has 1 aromatic heterocycles. The van der Waals surface area contributed by atoms with Crippen molar-refractivity contribution in [3.63, 3.8) is 0 Å². The summed E-state index contributed by atoms with van der Waals surface area (Å²) in [6, 6.07) is 0.0349. The first kappa shape index (κ1) is 17.9. The maximum absolute atomic E-state index is 12.0. The van der Waals surface area contributed by atoms with Crippen LogP contribution < -0.4 is 5.32 Å². The number of nitrogens with zero attached hydrogens (tertiary/aromatic N) is 3. The van der Waals surface area contributed by atoms with Crippen LogP contribution in [0.15, 0.2) is 6.33 Å². The highest BCUT2D eigenvalue weighted by Gasteiger charge is 2.27. The Hall–Kier alpha value is -1.15. The Morgan fingerprint density at radius 3 is 2.76 bits per heavy atom. The molecule has 0 aromatic carbocycles. The molecule has 1 atom stereocenters. The largest absolute Gasteiger partial charge is 0.411 e. The molecule has 0 spiro atoms. The standard InChI is InChI=1S/C13H23F3N4O/c1-3-6-17-11(5-7-21-9-13(14,15)16)8-12-18-10-19-20(12)4-2/h10-11,17H,3-9H2,1-2H3. The quantitative estimate of drug-likeness (QED) is 0.673. The first-order valence-corrected chi connectivity index (χ1v) is 7.20. The van der Waals surface area contributed by atoms with Gasteiger partial charge in [0.2, 0.25) is 0 Å². The summed E-state index contributed by atoms with van der Waals surface area (Å²) in [7, 11) is 0. The average molecular weight is 308 g/mol. The van der Waals surface area contributed by atoms with Gasteiger partial charge in [0.1, 0.15) is 18.8 Å². The van der Waals surface area contributed by atoms with Gasteiger partial charge in [0.05, 0.1) is 0 Å². The Morgan fingerprint density at radius 2 is 2.14 bits per heavy atom. The van der Waals surface area contributed by atoms with Crippen LogP contribution in [0.1, 0.15) is 32.5 Å². The van der Waals surface area contributed by atoms with Crippen molar-refractivity contribution >= 4 is 0 Å². The predicted molar refractivity (Wildman–Crippen MR) is 73.0 cm³/mol. The summed E-state index contributed by atoms with van der Waals surface area (Å²) in [5, 5.41) is 7.41. The molecule has 1 N–H and O–H groups in total. The molecule has 5 nitrogen and oxygen atoms in total. The molecule has 1 heterocycles.